The zero-order valence-corrected chi connectivity index (χ0v) is 13.4. The van der Waals surface area contributed by atoms with Crippen LogP contribution >= 0.6 is 0 Å². The van der Waals surface area contributed by atoms with Crippen LogP contribution in [-0.4, -0.2) is 60.3 Å². The maximum atomic E-state index is 5.52. The van der Waals surface area contributed by atoms with Crippen molar-refractivity contribution in [1.82, 2.24) is 14.9 Å². The molecule has 120 valence electrons. The average Bonchev–Trinajstić information content (AvgIpc) is 3.16. The Hall–Kier alpha value is -1.20. The van der Waals surface area contributed by atoms with Gasteiger partial charge in [0.2, 0.25) is 0 Å². The standard InChI is InChI=1S/C17H26N4O/c1-20(17-10-18-6-7-19-17)16-3-2-13-11-21(12-15(13)16)14-4-8-22-9-5-14/h6-7,10,13-16H,2-5,8-9,11-12H2,1H3/t13-,15+,16-/m1/s1. The van der Waals surface area contributed by atoms with Crippen molar-refractivity contribution in [3.8, 4) is 0 Å². The number of aromatic nitrogens is 2. The van der Waals surface area contributed by atoms with Crippen molar-refractivity contribution in [3.05, 3.63) is 18.6 Å². The first kappa shape index (κ1) is 14.4. The van der Waals surface area contributed by atoms with Gasteiger partial charge in [0, 0.05) is 57.8 Å². The summed E-state index contributed by atoms with van der Waals surface area (Å²) in [6.07, 6.45) is 10.5. The summed E-state index contributed by atoms with van der Waals surface area (Å²) in [7, 11) is 2.19. The number of hydrogen-bond donors (Lipinski definition) is 0. The lowest BCUT2D eigenvalue weighted by Crippen LogP contribution is -2.41. The van der Waals surface area contributed by atoms with Gasteiger partial charge in [-0.1, -0.05) is 0 Å². The van der Waals surface area contributed by atoms with Gasteiger partial charge in [0.05, 0.1) is 6.20 Å². The Morgan fingerprint density at radius 3 is 2.77 bits per heavy atom. The molecule has 3 fully saturated rings. The number of hydrogen-bond acceptors (Lipinski definition) is 5. The van der Waals surface area contributed by atoms with Crippen LogP contribution in [0.1, 0.15) is 25.7 Å². The highest BCUT2D eigenvalue weighted by Crippen LogP contribution is 2.42. The summed E-state index contributed by atoms with van der Waals surface area (Å²) in [5.41, 5.74) is 0. The molecule has 0 radical (unpaired) electrons. The van der Waals surface area contributed by atoms with Crippen LogP contribution in [0.15, 0.2) is 18.6 Å². The molecule has 2 aliphatic heterocycles. The van der Waals surface area contributed by atoms with Gasteiger partial charge in [-0.2, -0.15) is 0 Å². The van der Waals surface area contributed by atoms with Crippen LogP contribution in [0.4, 0.5) is 5.82 Å². The van der Waals surface area contributed by atoms with Gasteiger partial charge in [-0.25, -0.2) is 4.98 Å². The summed E-state index contributed by atoms with van der Waals surface area (Å²) in [6, 6.07) is 1.37. The maximum Gasteiger partial charge on any atom is 0.147 e. The van der Waals surface area contributed by atoms with Gasteiger partial charge in [0.25, 0.3) is 0 Å². The Morgan fingerprint density at radius 1 is 1.14 bits per heavy atom. The molecule has 2 saturated heterocycles. The molecular weight excluding hydrogens is 276 g/mol. The molecule has 1 aromatic heterocycles. The van der Waals surface area contributed by atoms with E-state index in [-0.39, 0.29) is 0 Å². The van der Waals surface area contributed by atoms with E-state index in [2.05, 4.69) is 26.8 Å². The normalized spacial score (nSPS) is 33.0. The molecule has 5 nitrogen and oxygen atoms in total. The van der Waals surface area contributed by atoms with Crippen LogP contribution in [0.5, 0.6) is 0 Å². The zero-order chi connectivity index (χ0) is 14.9. The van der Waals surface area contributed by atoms with E-state index in [1.807, 2.05) is 6.20 Å². The van der Waals surface area contributed by atoms with E-state index < -0.39 is 0 Å². The first-order chi connectivity index (χ1) is 10.8. The predicted octanol–water partition coefficient (Wildman–Crippen LogP) is 1.80. The van der Waals surface area contributed by atoms with Crippen molar-refractivity contribution in [3.63, 3.8) is 0 Å². The van der Waals surface area contributed by atoms with Crippen LogP contribution in [-0.2, 0) is 4.74 Å². The number of fused-ring (bicyclic) bond motifs is 1. The summed E-state index contributed by atoms with van der Waals surface area (Å²) < 4.78 is 5.52. The van der Waals surface area contributed by atoms with Gasteiger partial charge in [0.15, 0.2) is 0 Å². The quantitative estimate of drug-likeness (QED) is 0.852. The maximum absolute atomic E-state index is 5.52. The molecule has 1 aliphatic carbocycles. The summed E-state index contributed by atoms with van der Waals surface area (Å²) in [5.74, 6) is 2.67. The predicted molar refractivity (Wildman–Crippen MR) is 85.9 cm³/mol. The highest BCUT2D eigenvalue weighted by Gasteiger charge is 2.45. The molecule has 3 heterocycles. The number of likely N-dealkylation sites (tertiary alicyclic amines) is 1. The van der Waals surface area contributed by atoms with Gasteiger partial charge in [-0.05, 0) is 37.5 Å². The molecule has 0 spiro atoms. The van der Waals surface area contributed by atoms with E-state index >= 15 is 0 Å². The monoisotopic (exact) mass is 302 g/mol. The summed E-state index contributed by atoms with van der Waals surface area (Å²) in [5, 5.41) is 0. The van der Waals surface area contributed by atoms with E-state index in [0.717, 1.165) is 36.9 Å². The van der Waals surface area contributed by atoms with Gasteiger partial charge >= 0.3 is 0 Å². The number of anilines is 1. The van der Waals surface area contributed by atoms with Crippen molar-refractivity contribution in [1.29, 1.82) is 0 Å². The molecule has 1 aromatic rings. The third-order valence-electron chi connectivity index (χ3n) is 5.96. The van der Waals surface area contributed by atoms with E-state index in [4.69, 9.17) is 4.74 Å². The Balaban J connectivity index is 1.44. The lowest BCUT2D eigenvalue weighted by atomic mass is 9.97. The lowest BCUT2D eigenvalue weighted by molar-refractivity contribution is 0.0394. The van der Waals surface area contributed by atoms with Crippen molar-refractivity contribution in [2.24, 2.45) is 11.8 Å². The van der Waals surface area contributed by atoms with Gasteiger partial charge in [0.1, 0.15) is 5.82 Å². The summed E-state index contributed by atoms with van der Waals surface area (Å²) >= 11 is 0. The van der Waals surface area contributed by atoms with Crippen molar-refractivity contribution in [2.45, 2.75) is 37.8 Å². The molecule has 0 N–H and O–H groups in total. The molecule has 0 bridgehead atoms. The van der Waals surface area contributed by atoms with E-state index in [0.29, 0.717) is 6.04 Å². The molecule has 0 unspecified atom stereocenters. The molecule has 3 atom stereocenters. The Labute approximate surface area is 132 Å². The first-order valence-electron chi connectivity index (χ1n) is 8.63. The Kier molecular flexibility index (Phi) is 4.01. The van der Waals surface area contributed by atoms with Crippen molar-refractivity contribution >= 4 is 5.82 Å². The van der Waals surface area contributed by atoms with Gasteiger partial charge < -0.3 is 9.64 Å². The minimum Gasteiger partial charge on any atom is -0.381 e. The summed E-state index contributed by atoms with van der Waals surface area (Å²) in [6.45, 7) is 4.43. The fourth-order valence-corrected chi connectivity index (χ4v) is 4.74. The second-order valence-corrected chi connectivity index (χ2v) is 7.04. The van der Waals surface area contributed by atoms with Crippen molar-refractivity contribution < 1.29 is 4.74 Å². The zero-order valence-electron chi connectivity index (χ0n) is 13.4. The van der Waals surface area contributed by atoms with Gasteiger partial charge in [-0.15, -0.1) is 0 Å². The topological polar surface area (TPSA) is 41.5 Å². The van der Waals surface area contributed by atoms with Crippen LogP contribution in [0, 0.1) is 11.8 Å². The van der Waals surface area contributed by atoms with Gasteiger partial charge in [-0.3, -0.25) is 9.88 Å². The molecule has 5 heteroatoms. The Bertz CT molecular complexity index is 491. The summed E-state index contributed by atoms with van der Waals surface area (Å²) in [4.78, 5) is 13.8. The van der Waals surface area contributed by atoms with Crippen LogP contribution in [0.3, 0.4) is 0 Å². The fraction of sp³-hybridized carbons (Fsp3) is 0.765. The SMILES string of the molecule is CN(c1cnccn1)[C@@H]1CC[C@@H]2CN(C3CCOCC3)C[C@@H]21. The molecule has 22 heavy (non-hydrogen) atoms. The van der Waals surface area contributed by atoms with Crippen LogP contribution < -0.4 is 4.90 Å². The third-order valence-corrected chi connectivity index (χ3v) is 5.96. The first-order valence-corrected chi connectivity index (χ1v) is 8.63. The largest absolute Gasteiger partial charge is 0.381 e. The smallest absolute Gasteiger partial charge is 0.147 e. The lowest BCUT2D eigenvalue weighted by Gasteiger charge is -2.34. The van der Waals surface area contributed by atoms with Crippen LogP contribution in [0.2, 0.25) is 0 Å². The fourth-order valence-electron chi connectivity index (χ4n) is 4.74. The number of ether oxygens (including phenoxy) is 1. The highest BCUT2D eigenvalue weighted by atomic mass is 16.5. The number of nitrogens with zero attached hydrogens (tertiary/aromatic N) is 4. The highest BCUT2D eigenvalue weighted by molar-refractivity contribution is 5.36. The minimum absolute atomic E-state index is 0.617. The minimum atomic E-state index is 0.617. The second kappa shape index (κ2) is 6.13. The van der Waals surface area contributed by atoms with Crippen molar-refractivity contribution in [2.75, 3.05) is 38.3 Å². The second-order valence-electron chi connectivity index (χ2n) is 7.04. The molecule has 0 aromatic carbocycles. The van der Waals surface area contributed by atoms with E-state index in [1.54, 1.807) is 12.4 Å². The number of rotatable bonds is 3. The third kappa shape index (κ3) is 2.61. The molecule has 4 rings (SSSR count). The van der Waals surface area contributed by atoms with E-state index in [1.165, 1.54) is 38.8 Å². The Morgan fingerprint density at radius 2 is 2.00 bits per heavy atom. The van der Waals surface area contributed by atoms with Crippen LogP contribution in [0.25, 0.3) is 0 Å². The molecule has 1 saturated carbocycles. The van der Waals surface area contributed by atoms with E-state index in [9.17, 15) is 0 Å². The average molecular weight is 302 g/mol. The molecule has 0 amide bonds. The molecular formula is C17H26N4O. The molecule has 3 aliphatic rings.